The maximum atomic E-state index is 12.9. The minimum atomic E-state index is -0.346. The van der Waals surface area contributed by atoms with Crippen LogP contribution >= 0.6 is 0 Å². The highest BCUT2D eigenvalue weighted by Gasteiger charge is 2.17. The fourth-order valence-corrected chi connectivity index (χ4v) is 2.78. The molecule has 2 aromatic heterocycles. The van der Waals surface area contributed by atoms with Crippen LogP contribution in [-0.4, -0.2) is 15.9 Å². The van der Waals surface area contributed by atoms with Crippen molar-refractivity contribution in [3.05, 3.63) is 83.8 Å². The summed E-state index contributed by atoms with van der Waals surface area (Å²) in [6, 6.07) is 16.3. The van der Waals surface area contributed by atoms with E-state index >= 15 is 0 Å². The Morgan fingerprint density at radius 3 is 2.75 bits per heavy atom. The first kappa shape index (κ1) is 17.8. The van der Waals surface area contributed by atoms with Gasteiger partial charge in [0.05, 0.1) is 17.1 Å². The van der Waals surface area contributed by atoms with Crippen LogP contribution in [0.3, 0.4) is 0 Å². The molecule has 1 atom stereocenters. The molecule has 142 valence electrons. The third-order valence-electron chi connectivity index (χ3n) is 4.25. The number of aromatic amines is 1. The number of carbonyl (C=O) groups excluding carboxylic acids is 1. The topological polar surface area (TPSA) is 80.2 Å². The van der Waals surface area contributed by atoms with Crippen molar-refractivity contribution in [1.29, 1.82) is 0 Å². The quantitative estimate of drug-likeness (QED) is 0.521. The molecule has 4 rings (SSSR count). The number of amides is 1. The molecule has 0 fully saturated rings. The summed E-state index contributed by atoms with van der Waals surface area (Å²) in [6.07, 6.45) is 0. The van der Waals surface area contributed by atoms with Gasteiger partial charge in [0.1, 0.15) is 29.8 Å². The number of fused-ring (bicyclic) bond motifs is 1. The third kappa shape index (κ3) is 3.88. The number of H-pyrrole nitrogens is 1. The molecule has 2 aromatic carbocycles. The van der Waals surface area contributed by atoms with E-state index in [1.165, 1.54) is 24.3 Å². The molecule has 7 heteroatoms. The normalized spacial score (nSPS) is 12.1. The number of aromatic nitrogens is 2. The first-order valence-electron chi connectivity index (χ1n) is 8.81. The molecule has 28 heavy (non-hydrogen) atoms. The zero-order valence-electron chi connectivity index (χ0n) is 15.1. The van der Waals surface area contributed by atoms with Gasteiger partial charge in [-0.1, -0.05) is 12.1 Å². The molecule has 0 aliphatic carbocycles. The monoisotopic (exact) mass is 379 g/mol. The Balaban J connectivity index is 1.37. The van der Waals surface area contributed by atoms with Gasteiger partial charge in [0, 0.05) is 0 Å². The highest BCUT2D eigenvalue weighted by Crippen LogP contribution is 2.18. The highest BCUT2D eigenvalue weighted by molar-refractivity contribution is 5.91. The van der Waals surface area contributed by atoms with Crippen LogP contribution in [0.1, 0.15) is 35.1 Å². The lowest BCUT2D eigenvalue weighted by Crippen LogP contribution is -2.27. The molecule has 0 saturated heterocycles. The Bertz CT molecular complexity index is 1070. The smallest absolute Gasteiger partial charge is 0.287 e. The fraction of sp³-hybridized carbons (Fsp3) is 0.143. The van der Waals surface area contributed by atoms with Gasteiger partial charge in [-0.05, 0) is 55.5 Å². The van der Waals surface area contributed by atoms with Crippen molar-refractivity contribution in [1.82, 2.24) is 15.3 Å². The maximum Gasteiger partial charge on any atom is 0.287 e. The van der Waals surface area contributed by atoms with Gasteiger partial charge < -0.3 is 19.5 Å². The van der Waals surface area contributed by atoms with Crippen LogP contribution in [0.2, 0.25) is 0 Å². The third-order valence-corrected chi connectivity index (χ3v) is 4.25. The van der Waals surface area contributed by atoms with Crippen LogP contribution in [-0.2, 0) is 6.61 Å². The van der Waals surface area contributed by atoms with Gasteiger partial charge in [-0.2, -0.15) is 0 Å². The Hall–Kier alpha value is -3.61. The number of hydrogen-bond donors (Lipinski definition) is 2. The van der Waals surface area contributed by atoms with E-state index in [4.69, 9.17) is 9.15 Å². The summed E-state index contributed by atoms with van der Waals surface area (Å²) < 4.78 is 24.0. The second kappa shape index (κ2) is 7.56. The molecule has 0 bridgehead atoms. The molecule has 0 radical (unpaired) electrons. The van der Waals surface area contributed by atoms with Gasteiger partial charge in [0.2, 0.25) is 0 Å². The Morgan fingerprint density at radius 2 is 1.96 bits per heavy atom. The van der Waals surface area contributed by atoms with E-state index in [9.17, 15) is 9.18 Å². The molecule has 0 aliphatic rings. The summed E-state index contributed by atoms with van der Waals surface area (Å²) in [7, 11) is 0. The van der Waals surface area contributed by atoms with Crippen LogP contribution < -0.4 is 10.1 Å². The van der Waals surface area contributed by atoms with Crippen molar-refractivity contribution in [3.63, 3.8) is 0 Å². The van der Waals surface area contributed by atoms with E-state index in [1.54, 1.807) is 12.1 Å². The number of carbonyl (C=O) groups is 1. The number of furan rings is 1. The number of ether oxygens (including phenoxy) is 1. The molecule has 0 aliphatic heterocycles. The largest absolute Gasteiger partial charge is 0.486 e. The SMILES string of the molecule is CC(NC(=O)c1ccc(COc2ccc(F)cc2)o1)c1nc2ccccc2[nH]1. The summed E-state index contributed by atoms with van der Waals surface area (Å²) in [5.41, 5.74) is 1.76. The van der Waals surface area contributed by atoms with Crippen LogP contribution in [0.15, 0.2) is 65.1 Å². The van der Waals surface area contributed by atoms with Crippen LogP contribution in [0.5, 0.6) is 5.75 Å². The maximum absolute atomic E-state index is 12.9. The minimum Gasteiger partial charge on any atom is -0.486 e. The summed E-state index contributed by atoms with van der Waals surface area (Å²) in [5.74, 6) is 1.18. The number of para-hydroxylation sites is 2. The van der Waals surface area contributed by atoms with E-state index in [2.05, 4.69) is 15.3 Å². The molecule has 2 N–H and O–H groups in total. The average Bonchev–Trinajstić information content (AvgIpc) is 3.34. The number of halogens is 1. The predicted molar refractivity (Wildman–Crippen MR) is 101 cm³/mol. The zero-order chi connectivity index (χ0) is 19.5. The van der Waals surface area contributed by atoms with Crippen molar-refractivity contribution in [2.75, 3.05) is 0 Å². The number of hydrogen-bond acceptors (Lipinski definition) is 4. The molecule has 1 unspecified atom stereocenters. The van der Waals surface area contributed by atoms with Crippen LogP contribution in [0, 0.1) is 5.82 Å². The molecular weight excluding hydrogens is 361 g/mol. The summed E-state index contributed by atoms with van der Waals surface area (Å²) >= 11 is 0. The highest BCUT2D eigenvalue weighted by atomic mass is 19.1. The molecule has 0 spiro atoms. The van der Waals surface area contributed by atoms with Crippen molar-refractivity contribution >= 4 is 16.9 Å². The lowest BCUT2D eigenvalue weighted by molar-refractivity contribution is 0.0906. The van der Waals surface area contributed by atoms with E-state index in [0.717, 1.165) is 11.0 Å². The molecule has 6 nitrogen and oxygen atoms in total. The number of imidazole rings is 1. The van der Waals surface area contributed by atoms with Crippen LogP contribution in [0.25, 0.3) is 11.0 Å². The number of rotatable bonds is 6. The molecule has 2 heterocycles. The van der Waals surface area contributed by atoms with Crippen molar-refractivity contribution in [2.24, 2.45) is 0 Å². The number of benzene rings is 2. The summed E-state index contributed by atoms with van der Waals surface area (Å²) in [6.45, 7) is 1.98. The predicted octanol–water partition coefficient (Wildman–Crippen LogP) is 4.37. The zero-order valence-corrected chi connectivity index (χ0v) is 15.1. The molecule has 0 saturated carbocycles. The second-order valence-corrected chi connectivity index (χ2v) is 6.34. The van der Waals surface area contributed by atoms with E-state index < -0.39 is 0 Å². The molecular formula is C21H18FN3O3. The Morgan fingerprint density at radius 1 is 1.18 bits per heavy atom. The number of nitrogens with zero attached hydrogens (tertiary/aromatic N) is 1. The second-order valence-electron chi connectivity index (χ2n) is 6.34. The van der Waals surface area contributed by atoms with E-state index in [1.807, 2.05) is 31.2 Å². The van der Waals surface area contributed by atoms with Gasteiger partial charge in [-0.3, -0.25) is 4.79 Å². The van der Waals surface area contributed by atoms with E-state index in [0.29, 0.717) is 17.3 Å². The molecule has 4 aromatic rings. The van der Waals surface area contributed by atoms with Gasteiger partial charge in [0.15, 0.2) is 5.76 Å². The summed E-state index contributed by atoms with van der Waals surface area (Å²) in [5, 5.41) is 2.86. The first-order valence-corrected chi connectivity index (χ1v) is 8.81. The lowest BCUT2D eigenvalue weighted by atomic mass is 10.3. The van der Waals surface area contributed by atoms with Gasteiger partial charge in [-0.15, -0.1) is 0 Å². The van der Waals surface area contributed by atoms with Crippen molar-refractivity contribution in [2.45, 2.75) is 19.6 Å². The minimum absolute atomic E-state index is 0.137. The van der Waals surface area contributed by atoms with Crippen molar-refractivity contribution < 1.29 is 18.3 Å². The average molecular weight is 379 g/mol. The van der Waals surface area contributed by atoms with Gasteiger partial charge in [0.25, 0.3) is 5.91 Å². The first-order chi connectivity index (χ1) is 13.6. The lowest BCUT2D eigenvalue weighted by Gasteiger charge is -2.10. The Kier molecular flexibility index (Phi) is 4.80. The Labute approximate surface area is 160 Å². The standard InChI is InChI=1S/C21H18FN3O3/c1-13(20-24-17-4-2-3-5-18(17)25-20)23-21(26)19-11-10-16(28-19)12-27-15-8-6-14(22)7-9-15/h2-11,13H,12H2,1H3,(H,23,26)(H,24,25). The number of nitrogens with one attached hydrogen (secondary N) is 2. The van der Waals surface area contributed by atoms with E-state index in [-0.39, 0.29) is 30.1 Å². The van der Waals surface area contributed by atoms with Crippen LogP contribution in [0.4, 0.5) is 4.39 Å². The van der Waals surface area contributed by atoms with Crippen molar-refractivity contribution in [3.8, 4) is 5.75 Å². The summed E-state index contributed by atoms with van der Waals surface area (Å²) in [4.78, 5) is 20.1. The van der Waals surface area contributed by atoms with Gasteiger partial charge >= 0.3 is 0 Å². The fourth-order valence-electron chi connectivity index (χ4n) is 2.78. The van der Waals surface area contributed by atoms with Gasteiger partial charge in [-0.25, -0.2) is 9.37 Å². The molecule has 1 amide bonds.